The van der Waals surface area contributed by atoms with Crippen LogP contribution in [0.4, 0.5) is 17.1 Å². The number of hydrogen-bond acceptors (Lipinski definition) is 2. The maximum Gasteiger partial charge on any atom is 0.160 e. The molecule has 0 amide bonds. The number of hydrogen-bond donors (Lipinski definition) is 0. The van der Waals surface area contributed by atoms with Crippen LogP contribution < -0.4 is 4.90 Å². The van der Waals surface area contributed by atoms with Gasteiger partial charge in [-0.15, -0.1) is 0 Å². The van der Waals surface area contributed by atoms with Gasteiger partial charge in [0.1, 0.15) is 5.58 Å². The molecule has 0 aliphatic rings. The molecule has 0 aliphatic heterocycles. The number of benzene rings is 10. The Morgan fingerprint density at radius 3 is 1.41 bits per heavy atom. The number of anilines is 3. The van der Waals surface area contributed by atoms with E-state index in [0.29, 0.717) is 0 Å². The zero-order valence-electron chi connectivity index (χ0n) is 30.6. The zero-order valence-corrected chi connectivity index (χ0v) is 30.6. The molecule has 56 heavy (non-hydrogen) atoms. The Bertz CT molecular complexity index is 3230. The first-order chi connectivity index (χ1) is 27.7. The van der Waals surface area contributed by atoms with Crippen LogP contribution in [0.3, 0.4) is 0 Å². The molecule has 2 heteroatoms. The molecule has 0 radical (unpaired) electrons. The smallest absolute Gasteiger partial charge is 0.160 e. The van der Waals surface area contributed by atoms with Crippen LogP contribution in [0.1, 0.15) is 0 Å². The minimum Gasteiger partial charge on any atom is -0.454 e. The van der Waals surface area contributed by atoms with Crippen molar-refractivity contribution < 1.29 is 4.42 Å². The van der Waals surface area contributed by atoms with Gasteiger partial charge < -0.3 is 9.32 Å². The number of furan rings is 1. The van der Waals surface area contributed by atoms with E-state index in [1.54, 1.807) is 0 Å². The molecule has 0 fully saturated rings. The van der Waals surface area contributed by atoms with Crippen molar-refractivity contribution in [3.8, 4) is 33.4 Å². The van der Waals surface area contributed by atoms with Gasteiger partial charge in [0.15, 0.2) is 5.58 Å². The second-order valence-electron chi connectivity index (χ2n) is 14.6. The van der Waals surface area contributed by atoms with Crippen LogP contribution in [-0.4, -0.2) is 0 Å². The van der Waals surface area contributed by atoms with Gasteiger partial charge in [0.05, 0.1) is 5.69 Å². The monoisotopic (exact) mass is 713 g/mol. The topological polar surface area (TPSA) is 16.4 Å². The van der Waals surface area contributed by atoms with Crippen LogP contribution in [0.15, 0.2) is 217 Å². The highest BCUT2D eigenvalue weighted by Gasteiger charge is 2.22. The molecule has 0 bridgehead atoms. The molecule has 11 rings (SSSR count). The van der Waals surface area contributed by atoms with Gasteiger partial charge in [0, 0.05) is 22.1 Å². The Kier molecular flexibility index (Phi) is 7.53. The van der Waals surface area contributed by atoms with Crippen LogP contribution in [0.2, 0.25) is 0 Å². The van der Waals surface area contributed by atoms with Crippen LogP contribution in [-0.2, 0) is 0 Å². The van der Waals surface area contributed by atoms with Crippen molar-refractivity contribution in [3.63, 3.8) is 0 Å². The van der Waals surface area contributed by atoms with Crippen molar-refractivity contribution in [3.05, 3.63) is 212 Å². The van der Waals surface area contributed by atoms with Crippen LogP contribution >= 0.6 is 0 Å². The van der Waals surface area contributed by atoms with Crippen LogP contribution in [0, 0.1) is 0 Å². The van der Waals surface area contributed by atoms with E-state index in [-0.39, 0.29) is 0 Å². The van der Waals surface area contributed by atoms with Crippen molar-refractivity contribution in [2.75, 3.05) is 4.90 Å². The minimum atomic E-state index is 0.874. The predicted octanol–water partition coefficient (Wildman–Crippen LogP) is 15.5. The van der Waals surface area contributed by atoms with Gasteiger partial charge in [-0.1, -0.05) is 158 Å². The van der Waals surface area contributed by atoms with Crippen LogP contribution in [0.25, 0.3) is 87.6 Å². The summed E-state index contributed by atoms with van der Waals surface area (Å²) in [5, 5.41) is 9.58. The second kappa shape index (κ2) is 13.2. The fraction of sp³-hybridized carbons (Fsp3) is 0. The van der Waals surface area contributed by atoms with E-state index in [4.69, 9.17) is 4.42 Å². The first-order valence-electron chi connectivity index (χ1n) is 19.2. The molecule has 1 aromatic heterocycles. The van der Waals surface area contributed by atoms with Crippen molar-refractivity contribution in [1.29, 1.82) is 0 Å². The Labute approximate surface area is 325 Å². The molecule has 0 spiro atoms. The summed E-state index contributed by atoms with van der Waals surface area (Å²) >= 11 is 0. The second-order valence-corrected chi connectivity index (χ2v) is 14.6. The van der Waals surface area contributed by atoms with Crippen molar-refractivity contribution in [2.24, 2.45) is 0 Å². The lowest BCUT2D eigenvalue weighted by Gasteiger charge is -2.26. The highest BCUT2D eigenvalue weighted by molar-refractivity contribution is 6.23. The fourth-order valence-electron chi connectivity index (χ4n) is 8.36. The average Bonchev–Trinajstić information content (AvgIpc) is 3.67. The van der Waals surface area contributed by atoms with E-state index in [1.165, 1.54) is 65.7 Å². The molecule has 0 N–H and O–H groups in total. The van der Waals surface area contributed by atoms with Gasteiger partial charge in [-0.05, 0) is 120 Å². The third-order valence-corrected chi connectivity index (χ3v) is 11.2. The Hall–Kier alpha value is -7.42. The molecular formula is C54H35NO. The van der Waals surface area contributed by atoms with Crippen molar-refractivity contribution in [1.82, 2.24) is 0 Å². The van der Waals surface area contributed by atoms with Gasteiger partial charge in [-0.2, -0.15) is 0 Å². The quantitative estimate of drug-likeness (QED) is 0.171. The van der Waals surface area contributed by atoms with E-state index in [1.807, 2.05) is 6.07 Å². The largest absolute Gasteiger partial charge is 0.454 e. The number of rotatable bonds is 6. The Morgan fingerprint density at radius 2 is 0.750 bits per heavy atom. The summed E-state index contributed by atoms with van der Waals surface area (Å²) in [4.78, 5) is 2.34. The highest BCUT2D eigenvalue weighted by Crippen LogP contribution is 2.46. The molecule has 262 valence electrons. The summed E-state index contributed by atoms with van der Waals surface area (Å²) in [6, 6.07) is 76.4. The van der Waals surface area contributed by atoms with E-state index in [2.05, 4.69) is 211 Å². The summed E-state index contributed by atoms with van der Waals surface area (Å²) in [5.41, 5.74) is 12.1. The normalized spacial score (nSPS) is 11.6. The molecule has 0 saturated heterocycles. The maximum absolute atomic E-state index is 6.76. The molecule has 11 aromatic rings. The first kappa shape index (κ1) is 32.0. The molecule has 1 heterocycles. The predicted molar refractivity (Wildman–Crippen MR) is 237 cm³/mol. The lowest BCUT2D eigenvalue weighted by atomic mass is 9.96. The molecule has 10 aromatic carbocycles. The molecule has 0 atom stereocenters. The summed E-state index contributed by atoms with van der Waals surface area (Å²) in [6.45, 7) is 0. The van der Waals surface area contributed by atoms with Gasteiger partial charge in [-0.3, -0.25) is 0 Å². The van der Waals surface area contributed by atoms with Gasteiger partial charge in [0.25, 0.3) is 0 Å². The van der Waals surface area contributed by atoms with E-state index < -0.39 is 0 Å². The summed E-state index contributed by atoms with van der Waals surface area (Å²) in [7, 11) is 0. The lowest BCUT2D eigenvalue weighted by Crippen LogP contribution is -2.10. The summed E-state index contributed by atoms with van der Waals surface area (Å²) < 4.78 is 6.76. The summed E-state index contributed by atoms with van der Waals surface area (Å²) in [5.74, 6) is 0. The van der Waals surface area contributed by atoms with Gasteiger partial charge in [0.2, 0.25) is 0 Å². The molecule has 0 unspecified atom stereocenters. The Morgan fingerprint density at radius 1 is 0.304 bits per heavy atom. The van der Waals surface area contributed by atoms with E-state index in [0.717, 1.165) is 39.0 Å². The van der Waals surface area contributed by atoms with E-state index in [9.17, 15) is 0 Å². The molecule has 0 saturated carbocycles. The third kappa shape index (κ3) is 5.51. The number of fused-ring (bicyclic) bond motifs is 7. The summed E-state index contributed by atoms with van der Waals surface area (Å²) in [6.07, 6.45) is 0. The number of nitrogens with zero attached hydrogens (tertiary/aromatic N) is 1. The third-order valence-electron chi connectivity index (χ3n) is 11.2. The van der Waals surface area contributed by atoms with E-state index >= 15 is 0 Å². The molecular weight excluding hydrogens is 679 g/mol. The Balaban J connectivity index is 1.01. The number of para-hydroxylation sites is 1. The minimum absolute atomic E-state index is 0.874. The molecule has 0 aliphatic carbocycles. The zero-order chi connectivity index (χ0) is 37.0. The average molecular weight is 714 g/mol. The SMILES string of the molecule is c1ccc(-c2ccc(N(c3ccc(-c4ccc5cc(-c6ccc7ccccc7c6)ccc5c4)cc3)c3cc4ccccc4c4c3oc3ccccc34)cc2)cc1. The lowest BCUT2D eigenvalue weighted by molar-refractivity contribution is 0.669. The van der Waals surface area contributed by atoms with Crippen LogP contribution in [0.5, 0.6) is 0 Å². The van der Waals surface area contributed by atoms with Crippen molar-refractivity contribution >= 4 is 71.3 Å². The van der Waals surface area contributed by atoms with Crippen molar-refractivity contribution in [2.45, 2.75) is 0 Å². The van der Waals surface area contributed by atoms with Gasteiger partial charge in [-0.25, -0.2) is 0 Å². The van der Waals surface area contributed by atoms with Gasteiger partial charge >= 0.3 is 0 Å². The first-order valence-corrected chi connectivity index (χ1v) is 19.2. The maximum atomic E-state index is 6.76. The fourth-order valence-corrected chi connectivity index (χ4v) is 8.36. The highest BCUT2D eigenvalue weighted by atomic mass is 16.3. The molecule has 2 nitrogen and oxygen atoms in total. The standard InChI is InChI=1S/C54H35NO/c1-2-10-36(11-3-1)38-24-28-47(29-25-38)55(51-35-46-14-6-7-15-49(46)53-50-16-8-9-17-52(50)56-54(51)53)48-30-26-39(27-31-48)41-20-21-44-34-45(23-22-43(44)33-41)42-19-18-37-12-4-5-13-40(37)32-42/h1-35H.